The number of hydrogen-bond acceptors (Lipinski definition) is 3. The summed E-state index contributed by atoms with van der Waals surface area (Å²) >= 11 is 0. The summed E-state index contributed by atoms with van der Waals surface area (Å²) in [6, 6.07) is 8.14. The van der Waals surface area contributed by atoms with Crippen molar-refractivity contribution in [1.29, 1.82) is 0 Å². The van der Waals surface area contributed by atoms with Gasteiger partial charge in [-0.1, -0.05) is 29.8 Å². The Morgan fingerprint density at radius 3 is 2.85 bits per heavy atom. The second kappa shape index (κ2) is 7.41. The standard InChI is InChI=1S/C16H24N2O2/c1-14-4-2-5-15(12-14)13-16(20)18-7-3-6-17(8-9-18)10-11-19/h2,4-5,12,19H,3,6-11,13H2,1H3. The van der Waals surface area contributed by atoms with Crippen LogP contribution in [0.3, 0.4) is 0 Å². The molecule has 0 saturated carbocycles. The number of aryl methyl sites for hydroxylation is 1. The zero-order valence-electron chi connectivity index (χ0n) is 12.2. The second-order valence-electron chi connectivity index (χ2n) is 5.47. The minimum absolute atomic E-state index is 0.192. The molecule has 1 aromatic carbocycles. The Kier molecular flexibility index (Phi) is 5.56. The van der Waals surface area contributed by atoms with E-state index in [4.69, 9.17) is 5.11 Å². The fourth-order valence-corrected chi connectivity index (χ4v) is 2.69. The third-order valence-electron chi connectivity index (χ3n) is 3.80. The summed E-state index contributed by atoms with van der Waals surface area (Å²) in [7, 11) is 0. The van der Waals surface area contributed by atoms with Gasteiger partial charge < -0.3 is 10.0 Å². The van der Waals surface area contributed by atoms with Gasteiger partial charge in [0.05, 0.1) is 13.0 Å². The van der Waals surface area contributed by atoms with E-state index >= 15 is 0 Å². The van der Waals surface area contributed by atoms with Gasteiger partial charge in [0.1, 0.15) is 0 Å². The van der Waals surface area contributed by atoms with E-state index in [0.717, 1.165) is 38.2 Å². The van der Waals surface area contributed by atoms with Crippen molar-refractivity contribution < 1.29 is 9.90 Å². The third-order valence-corrected chi connectivity index (χ3v) is 3.80. The molecule has 0 unspecified atom stereocenters. The van der Waals surface area contributed by atoms with Gasteiger partial charge in [0, 0.05) is 26.2 Å². The summed E-state index contributed by atoms with van der Waals surface area (Å²) < 4.78 is 0. The van der Waals surface area contributed by atoms with Crippen molar-refractivity contribution in [1.82, 2.24) is 9.80 Å². The van der Waals surface area contributed by atoms with E-state index in [0.29, 0.717) is 13.0 Å². The lowest BCUT2D eigenvalue weighted by Gasteiger charge is -2.21. The summed E-state index contributed by atoms with van der Waals surface area (Å²) in [6.07, 6.45) is 1.47. The maximum atomic E-state index is 12.4. The highest BCUT2D eigenvalue weighted by atomic mass is 16.3. The van der Waals surface area contributed by atoms with E-state index in [-0.39, 0.29) is 12.5 Å². The zero-order chi connectivity index (χ0) is 14.4. The molecule has 2 rings (SSSR count). The lowest BCUT2D eigenvalue weighted by atomic mass is 10.1. The summed E-state index contributed by atoms with van der Waals surface area (Å²) in [4.78, 5) is 16.5. The summed E-state index contributed by atoms with van der Waals surface area (Å²) in [5.74, 6) is 0.210. The summed E-state index contributed by atoms with van der Waals surface area (Å²) in [5.41, 5.74) is 2.28. The van der Waals surface area contributed by atoms with Crippen LogP contribution in [-0.2, 0) is 11.2 Å². The third kappa shape index (κ3) is 4.32. The fourth-order valence-electron chi connectivity index (χ4n) is 2.69. The number of aliphatic hydroxyl groups excluding tert-OH is 1. The molecule has 1 saturated heterocycles. The SMILES string of the molecule is Cc1cccc(CC(=O)N2CCCN(CCO)CC2)c1. The smallest absolute Gasteiger partial charge is 0.227 e. The molecule has 0 spiro atoms. The Hall–Kier alpha value is -1.39. The quantitative estimate of drug-likeness (QED) is 0.894. The number of hydrogen-bond donors (Lipinski definition) is 1. The Balaban J connectivity index is 1.89. The molecule has 0 aliphatic carbocycles. The first-order valence-electron chi connectivity index (χ1n) is 7.35. The molecule has 4 heteroatoms. The van der Waals surface area contributed by atoms with Crippen LogP contribution in [0.4, 0.5) is 0 Å². The van der Waals surface area contributed by atoms with Crippen LogP contribution in [0.5, 0.6) is 0 Å². The van der Waals surface area contributed by atoms with Crippen LogP contribution < -0.4 is 0 Å². The highest BCUT2D eigenvalue weighted by Crippen LogP contribution is 2.09. The van der Waals surface area contributed by atoms with Gasteiger partial charge in [0.15, 0.2) is 0 Å². The van der Waals surface area contributed by atoms with Gasteiger partial charge in [-0.05, 0) is 25.5 Å². The fraction of sp³-hybridized carbons (Fsp3) is 0.562. The number of carbonyl (C=O) groups excluding carboxylic acids is 1. The maximum absolute atomic E-state index is 12.4. The molecular formula is C16H24N2O2. The van der Waals surface area contributed by atoms with E-state index in [2.05, 4.69) is 11.0 Å². The average molecular weight is 276 g/mol. The minimum atomic E-state index is 0.192. The van der Waals surface area contributed by atoms with Crippen molar-refractivity contribution in [3.63, 3.8) is 0 Å². The van der Waals surface area contributed by atoms with Crippen LogP contribution in [0, 0.1) is 6.92 Å². The normalized spacial score (nSPS) is 17.0. The molecule has 1 aromatic rings. The number of β-amino-alcohol motifs (C(OH)–C–C–N with tert-alkyl or cyclic N) is 1. The van der Waals surface area contributed by atoms with Crippen LogP contribution >= 0.6 is 0 Å². The van der Waals surface area contributed by atoms with Gasteiger partial charge in [-0.15, -0.1) is 0 Å². The first-order valence-corrected chi connectivity index (χ1v) is 7.35. The van der Waals surface area contributed by atoms with E-state index in [1.165, 1.54) is 5.56 Å². The predicted octanol–water partition coefficient (Wildman–Crippen LogP) is 1.06. The first-order chi connectivity index (χ1) is 9.69. The number of carbonyl (C=O) groups is 1. The molecule has 4 nitrogen and oxygen atoms in total. The molecule has 20 heavy (non-hydrogen) atoms. The van der Waals surface area contributed by atoms with Gasteiger partial charge >= 0.3 is 0 Å². The predicted molar refractivity (Wildman–Crippen MR) is 79.6 cm³/mol. The molecule has 1 amide bonds. The van der Waals surface area contributed by atoms with Crippen LogP contribution in [0.15, 0.2) is 24.3 Å². The number of nitrogens with zero attached hydrogens (tertiary/aromatic N) is 2. The largest absolute Gasteiger partial charge is 0.395 e. The van der Waals surface area contributed by atoms with Gasteiger partial charge in [-0.2, -0.15) is 0 Å². The highest BCUT2D eigenvalue weighted by Gasteiger charge is 2.18. The van der Waals surface area contributed by atoms with Gasteiger partial charge in [0.25, 0.3) is 0 Å². The number of amides is 1. The Morgan fingerprint density at radius 2 is 2.10 bits per heavy atom. The van der Waals surface area contributed by atoms with Crippen molar-refractivity contribution in [2.75, 3.05) is 39.3 Å². The number of aliphatic hydroxyl groups is 1. The molecule has 110 valence electrons. The van der Waals surface area contributed by atoms with Crippen molar-refractivity contribution in [3.8, 4) is 0 Å². The average Bonchev–Trinajstić information content (AvgIpc) is 2.65. The van der Waals surface area contributed by atoms with Crippen molar-refractivity contribution in [2.24, 2.45) is 0 Å². The van der Waals surface area contributed by atoms with E-state index < -0.39 is 0 Å². The molecule has 1 aliphatic rings. The van der Waals surface area contributed by atoms with Crippen LogP contribution in [-0.4, -0.2) is 60.1 Å². The van der Waals surface area contributed by atoms with Crippen LogP contribution in [0.25, 0.3) is 0 Å². The van der Waals surface area contributed by atoms with Gasteiger partial charge in [-0.25, -0.2) is 0 Å². The maximum Gasteiger partial charge on any atom is 0.227 e. The van der Waals surface area contributed by atoms with E-state index in [1.807, 2.05) is 30.0 Å². The lowest BCUT2D eigenvalue weighted by Crippen LogP contribution is -2.36. The summed E-state index contributed by atoms with van der Waals surface area (Å²) in [5, 5.41) is 8.98. The number of rotatable bonds is 4. The molecular weight excluding hydrogens is 252 g/mol. The number of benzene rings is 1. The van der Waals surface area contributed by atoms with Gasteiger partial charge in [0.2, 0.25) is 5.91 Å². The molecule has 1 N–H and O–H groups in total. The lowest BCUT2D eigenvalue weighted by molar-refractivity contribution is -0.130. The molecule has 1 fully saturated rings. The Labute approximate surface area is 121 Å². The first kappa shape index (κ1) is 15.0. The summed E-state index contributed by atoms with van der Waals surface area (Å²) in [6.45, 7) is 6.37. The molecule has 0 atom stereocenters. The van der Waals surface area contributed by atoms with Crippen molar-refractivity contribution in [3.05, 3.63) is 35.4 Å². The van der Waals surface area contributed by atoms with E-state index in [1.54, 1.807) is 0 Å². The molecule has 1 heterocycles. The molecule has 0 radical (unpaired) electrons. The molecule has 1 aliphatic heterocycles. The van der Waals surface area contributed by atoms with E-state index in [9.17, 15) is 4.79 Å². The topological polar surface area (TPSA) is 43.8 Å². The van der Waals surface area contributed by atoms with Crippen LogP contribution in [0.1, 0.15) is 17.5 Å². The van der Waals surface area contributed by atoms with Crippen molar-refractivity contribution in [2.45, 2.75) is 19.8 Å². The minimum Gasteiger partial charge on any atom is -0.395 e. The molecule has 0 aromatic heterocycles. The monoisotopic (exact) mass is 276 g/mol. The molecule has 0 bridgehead atoms. The van der Waals surface area contributed by atoms with Crippen LogP contribution in [0.2, 0.25) is 0 Å². The Morgan fingerprint density at radius 1 is 1.25 bits per heavy atom. The Bertz CT molecular complexity index is 448. The second-order valence-corrected chi connectivity index (χ2v) is 5.47. The zero-order valence-corrected chi connectivity index (χ0v) is 12.2. The van der Waals surface area contributed by atoms with Crippen molar-refractivity contribution >= 4 is 5.91 Å². The van der Waals surface area contributed by atoms with Gasteiger partial charge in [-0.3, -0.25) is 9.69 Å². The highest BCUT2D eigenvalue weighted by molar-refractivity contribution is 5.78.